The second-order valence-corrected chi connectivity index (χ2v) is 33.4. The zero-order valence-corrected chi connectivity index (χ0v) is 62.9. The van der Waals surface area contributed by atoms with E-state index in [1.807, 2.05) is 178 Å². The largest absolute Gasteiger partial charge is 0.399 e. The molecule has 20 nitrogen and oxygen atoms in total. The number of fused-ring (bicyclic) bond motifs is 2. The number of aromatic nitrogens is 6. The molecule has 11 aromatic rings. The maximum atomic E-state index is 14.6. The van der Waals surface area contributed by atoms with Gasteiger partial charge >= 0.3 is 0 Å². The third-order valence-corrected chi connectivity index (χ3v) is 18.3. The van der Waals surface area contributed by atoms with Crippen LogP contribution in [0.4, 0.5) is 51.9 Å². The minimum absolute atomic E-state index is 0. The van der Waals surface area contributed by atoms with Gasteiger partial charge in [-0.25, -0.2) is 43.8 Å². The molecule has 0 atom stereocenters. The number of hydrogen-bond donors (Lipinski definition) is 4. The topological polar surface area (TPSA) is 306 Å². The number of nitro groups is 2. The Balaban J connectivity index is 0.000000233. The predicted octanol–water partition coefficient (Wildman–Crippen LogP) is 19.2. The summed E-state index contributed by atoms with van der Waals surface area (Å²) in [7, 11) is -2.79. The number of nitrogen functional groups attached to an aromatic ring is 3. The minimum atomic E-state index is -4.03. The molecule has 27 heteroatoms. The van der Waals surface area contributed by atoms with Crippen LogP contribution in [-0.4, -0.2) is 56.2 Å². The number of nitrogens with zero attached hydrogens (tertiary/aromatic N) is 8. The Hall–Kier alpha value is -10.3. The van der Waals surface area contributed by atoms with E-state index in [1.165, 1.54) is 59.3 Å². The average molecular weight is 1490 g/mol. The first-order valence-electron chi connectivity index (χ1n) is 32.2. The summed E-state index contributed by atoms with van der Waals surface area (Å²) in [6.45, 7) is 32.4. The lowest BCUT2D eigenvalue weighted by atomic mass is 9.86. The number of benzene rings is 7. The van der Waals surface area contributed by atoms with Crippen molar-refractivity contribution in [3.63, 3.8) is 0 Å². The third-order valence-electron chi connectivity index (χ3n) is 15.5. The molecule has 7 N–H and O–H groups in total. The number of nitrogens with one attached hydrogen (secondary N) is 1. The number of nitro benzene ring substituents is 2. The van der Waals surface area contributed by atoms with Crippen molar-refractivity contribution >= 4 is 85.9 Å². The Bertz CT molecular complexity index is 5050. The SMILES string of the molecule is C.CC(C)(C)c1ccc(N)cc1F.CC(C)(C)c1ccc(S(=O)(=O)Cl)cc1F.CC(C)(C)c1ccc([N+](=O)[O-])cc1F.CC(C)(C)c1ccc([N+](=O)[O-])cc1N.Cc1cc(N)n(-c2cccc3ncccc23)n1.Cc1cc(NS(=O)(=O)c2ccc(C(C)(C)C)c(F)c2)n(-c2cccc3ncccc23)n1. The lowest BCUT2D eigenvalue weighted by Gasteiger charge is -2.20. The fourth-order valence-corrected chi connectivity index (χ4v) is 12.3. The van der Waals surface area contributed by atoms with Gasteiger partial charge in [0.2, 0.25) is 0 Å². The molecule has 0 fully saturated rings. The van der Waals surface area contributed by atoms with Crippen molar-refractivity contribution in [1.29, 1.82) is 0 Å². The van der Waals surface area contributed by atoms with Crippen LogP contribution in [0.15, 0.2) is 186 Å². The van der Waals surface area contributed by atoms with E-state index in [0.29, 0.717) is 50.8 Å². The molecule has 0 saturated carbocycles. The molecule has 11 rings (SSSR count). The summed E-state index contributed by atoms with van der Waals surface area (Å²) in [6, 6.07) is 43.5. The van der Waals surface area contributed by atoms with Gasteiger partial charge in [-0.1, -0.05) is 142 Å². The Morgan fingerprint density at radius 3 is 1.22 bits per heavy atom. The van der Waals surface area contributed by atoms with Crippen LogP contribution < -0.4 is 21.9 Å². The minimum Gasteiger partial charge on any atom is -0.399 e. The van der Waals surface area contributed by atoms with Crippen molar-refractivity contribution < 1.29 is 44.2 Å². The van der Waals surface area contributed by atoms with E-state index in [2.05, 4.69) is 24.9 Å². The van der Waals surface area contributed by atoms with Gasteiger partial charge in [0.25, 0.3) is 30.4 Å². The van der Waals surface area contributed by atoms with Crippen LogP contribution in [0, 0.1) is 57.3 Å². The van der Waals surface area contributed by atoms with Crippen LogP contribution in [-0.2, 0) is 46.1 Å². The van der Waals surface area contributed by atoms with E-state index in [-0.39, 0.29) is 61.9 Å². The summed E-state index contributed by atoms with van der Waals surface area (Å²) in [6.07, 6.45) is 3.48. The molecule has 0 aliphatic heterocycles. The molecule has 0 saturated heterocycles. The first kappa shape index (κ1) is 84.3. The molecule has 104 heavy (non-hydrogen) atoms. The van der Waals surface area contributed by atoms with Crippen LogP contribution in [0.2, 0.25) is 0 Å². The highest BCUT2D eigenvalue weighted by Crippen LogP contribution is 2.34. The molecule has 0 bridgehead atoms. The molecule has 0 amide bonds. The molecule has 0 spiro atoms. The number of sulfonamides is 1. The quantitative estimate of drug-likeness (QED) is 0.0361. The molecule has 0 radical (unpaired) electrons. The van der Waals surface area contributed by atoms with Gasteiger partial charge in [-0.15, -0.1) is 0 Å². The molecule has 0 aliphatic rings. The van der Waals surface area contributed by atoms with Crippen molar-refractivity contribution in [3.05, 3.63) is 259 Å². The van der Waals surface area contributed by atoms with E-state index in [0.717, 1.165) is 56.9 Å². The number of aryl methyl sites for hydroxylation is 2. The summed E-state index contributed by atoms with van der Waals surface area (Å²) in [4.78, 5) is 28.1. The smallest absolute Gasteiger partial charge is 0.272 e. The summed E-state index contributed by atoms with van der Waals surface area (Å²) in [5.74, 6) is -0.952. The molecule has 554 valence electrons. The number of halogens is 5. The van der Waals surface area contributed by atoms with Gasteiger partial charge in [0.15, 0.2) is 0 Å². The number of rotatable bonds is 8. The summed E-state index contributed by atoms with van der Waals surface area (Å²) < 4.78 is 109. The highest BCUT2D eigenvalue weighted by Gasteiger charge is 2.27. The lowest BCUT2D eigenvalue weighted by Crippen LogP contribution is -2.18. The fraction of sp³-hybridized carbons (Fsp3) is 0.299. The van der Waals surface area contributed by atoms with Gasteiger partial charge in [-0.3, -0.25) is 34.9 Å². The molecule has 4 aromatic heterocycles. The number of nitrogens with two attached hydrogens (primary N) is 3. The highest BCUT2D eigenvalue weighted by atomic mass is 35.7. The number of non-ortho nitro benzene ring substituents is 2. The first-order chi connectivity index (χ1) is 47.5. The van der Waals surface area contributed by atoms with Crippen molar-refractivity contribution in [3.8, 4) is 11.4 Å². The third kappa shape index (κ3) is 22.3. The van der Waals surface area contributed by atoms with E-state index >= 15 is 0 Å². The molecule has 7 aromatic carbocycles. The second-order valence-electron chi connectivity index (χ2n) is 29.2. The van der Waals surface area contributed by atoms with E-state index in [4.69, 9.17) is 27.9 Å². The normalized spacial score (nSPS) is 11.7. The van der Waals surface area contributed by atoms with Gasteiger partial charge in [-0.05, 0) is 166 Å². The molecule has 4 heterocycles. The predicted molar refractivity (Wildman–Crippen MR) is 410 cm³/mol. The van der Waals surface area contributed by atoms with Crippen LogP contribution >= 0.6 is 10.7 Å². The zero-order valence-electron chi connectivity index (χ0n) is 60.5. The Labute approximate surface area is 610 Å². The van der Waals surface area contributed by atoms with Gasteiger partial charge in [0, 0.05) is 75.6 Å². The van der Waals surface area contributed by atoms with Crippen LogP contribution in [0.1, 0.15) is 150 Å². The second kappa shape index (κ2) is 33.4. The van der Waals surface area contributed by atoms with Crippen molar-refractivity contribution in [2.24, 2.45) is 0 Å². The van der Waals surface area contributed by atoms with Crippen LogP contribution in [0.3, 0.4) is 0 Å². The standard InChI is InChI=1S/C23H23FN4O2S.C13H12N4.C10H12ClFO2S.C10H12FNO2.C10H14FN.C10H14N2O2.CH4/c1-15-13-22(28(26-15)21-9-5-8-20-17(21)7-6-12-25-20)27-31(29,30)16-10-11-18(19(24)14-16)23(2,3)4;1-9-8-13(14)17(16-9)12-6-2-5-11-10(12)4-3-7-15-11;1-10(2,3)8-5-4-7(6-9(8)12)15(11,13)14;1-10(2,3)8-5-4-7(12(13)14)6-9(8)11;1-10(2,3)8-5-4-7(12)6-9(8)11;1-10(2,3)8-5-4-7(12(13)14)6-9(8)11;/h5-14,27H,1-4H3;2-8H,14H2,1H3;4-6H,1-3H3;4-6H,1-3H3;4-6H,12H2,1-3H3;4-6H,11H2,1-3H3;1H4. The summed E-state index contributed by atoms with van der Waals surface area (Å²) in [5, 5.41) is 31.5. The van der Waals surface area contributed by atoms with Crippen LogP contribution in [0.25, 0.3) is 33.2 Å². The monoisotopic (exact) mass is 1490 g/mol. The fourth-order valence-electron chi connectivity index (χ4n) is 10.4. The Morgan fingerprint density at radius 2 is 0.827 bits per heavy atom. The van der Waals surface area contributed by atoms with Crippen molar-refractivity contribution in [1.82, 2.24) is 29.5 Å². The zero-order chi connectivity index (χ0) is 77.3. The van der Waals surface area contributed by atoms with Crippen LogP contribution in [0.5, 0.6) is 0 Å². The van der Waals surface area contributed by atoms with Gasteiger partial charge < -0.3 is 17.2 Å². The molecular weight excluding hydrogens is 1400 g/mol. The molecular formula is C77H91ClF4N12O8S2. The lowest BCUT2D eigenvalue weighted by molar-refractivity contribution is -0.385. The van der Waals surface area contributed by atoms with E-state index < -0.39 is 51.8 Å². The van der Waals surface area contributed by atoms with Crippen molar-refractivity contribution in [2.45, 2.75) is 162 Å². The van der Waals surface area contributed by atoms with Gasteiger partial charge in [0.1, 0.15) is 34.9 Å². The van der Waals surface area contributed by atoms with Gasteiger partial charge in [-0.2, -0.15) is 10.2 Å². The maximum absolute atomic E-state index is 14.6. The van der Waals surface area contributed by atoms with Gasteiger partial charge in [0.05, 0.1) is 59.5 Å². The number of hydrogen-bond acceptors (Lipinski definition) is 15. The number of anilines is 4. The Morgan fingerprint density at radius 1 is 0.452 bits per heavy atom. The first-order valence-corrected chi connectivity index (χ1v) is 36.0. The highest BCUT2D eigenvalue weighted by molar-refractivity contribution is 8.13. The average Bonchev–Trinajstić information content (AvgIpc) is 1.50. The summed E-state index contributed by atoms with van der Waals surface area (Å²) >= 11 is 0. The molecule has 0 unspecified atom stereocenters. The molecule has 0 aliphatic carbocycles. The number of pyridine rings is 2. The maximum Gasteiger partial charge on any atom is 0.272 e. The summed E-state index contributed by atoms with van der Waals surface area (Å²) in [5.41, 5.74) is 24.5. The Kier molecular flexibility index (Phi) is 27.1. The van der Waals surface area contributed by atoms with E-state index in [9.17, 15) is 54.6 Å². The van der Waals surface area contributed by atoms with Crippen molar-refractivity contribution in [2.75, 3.05) is 21.9 Å². The van der Waals surface area contributed by atoms with E-state index in [1.54, 1.807) is 48.3 Å².